The van der Waals surface area contributed by atoms with E-state index in [2.05, 4.69) is 20.6 Å². The van der Waals surface area contributed by atoms with Gasteiger partial charge in [0.25, 0.3) is 5.56 Å². The summed E-state index contributed by atoms with van der Waals surface area (Å²) >= 11 is 0. The molecule has 0 spiro atoms. The quantitative estimate of drug-likeness (QED) is 0.269. The number of aryl methyl sites for hydroxylation is 2. The highest BCUT2D eigenvalue weighted by molar-refractivity contribution is 5.85. The van der Waals surface area contributed by atoms with E-state index in [9.17, 15) is 18.4 Å². The molecule has 0 fully saturated rings. The smallest absolute Gasteiger partial charge is 0.294 e. The van der Waals surface area contributed by atoms with Crippen LogP contribution in [0.5, 0.6) is 0 Å². The number of amides is 1. The molecule has 0 saturated carbocycles. The predicted octanol–water partition coefficient (Wildman–Crippen LogP) is 4.70. The van der Waals surface area contributed by atoms with Crippen LogP contribution in [-0.4, -0.2) is 27.0 Å². The van der Waals surface area contributed by atoms with Crippen LogP contribution in [0.2, 0.25) is 0 Å². The lowest BCUT2D eigenvalue weighted by Crippen LogP contribution is -2.36. The Balaban J connectivity index is 0.00000231. The van der Waals surface area contributed by atoms with E-state index in [1.165, 1.54) is 16.7 Å². The van der Waals surface area contributed by atoms with Gasteiger partial charge in [-0.15, -0.1) is 24.8 Å². The SMILES string of the molecule is Cc1nc(N)ccc1CNC(=O)[C@@H]1CCc2cnc(NCC(c3ccccc3F)c3ccccc3F)c(=O)n21.Cl.Cl. The number of hydrogen-bond acceptors (Lipinski definition) is 6. The Labute approximate surface area is 248 Å². The number of aromatic nitrogens is 3. The number of nitrogens with two attached hydrogens (primary N) is 1. The molecule has 41 heavy (non-hydrogen) atoms. The molecule has 4 aromatic rings. The van der Waals surface area contributed by atoms with Gasteiger partial charge in [-0.25, -0.2) is 18.7 Å². The van der Waals surface area contributed by atoms with Gasteiger partial charge in [0.15, 0.2) is 5.82 Å². The average molecular weight is 604 g/mol. The van der Waals surface area contributed by atoms with E-state index >= 15 is 0 Å². The van der Waals surface area contributed by atoms with Crippen LogP contribution in [0.1, 0.15) is 46.5 Å². The summed E-state index contributed by atoms with van der Waals surface area (Å²) in [4.78, 5) is 35.0. The van der Waals surface area contributed by atoms with E-state index in [4.69, 9.17) is 5.73 Å². The number of nitrogens with one attached hydrogen (secondary N) is 2. The Hall–Kier alpha value is -4.02. The van der Waals surface area contributed by atoms with E-state index in [1.807, 2.05) is 6.92 Å². The Kier molecular flexibility index (Phi) is 10.4. The molecule has 8 nitrogen and oxygen atoms in total. The van der Waals surface area contributed by atoms with Crippen molar-refractivity contribution in [2.45, 2.75) is 38.3 Å². The van der Waals surface area contributed by atoms with E-state index in [0.717, 1.165) is 5.56 Å². The number of anilines is 2. The first-order valence-corrected chi connectivity index (χ1v) is 12.7. The molecule has 1 aliphatic heterocycles. The zero-order chi connectivity index (χ0) is 27.5. The van der Waals surface area contributed by atoms with Gasteiger partial charge in [-0.3, -0.25) is 14.2 Å². The summed E-state index contributed by atoms with van der Waals surface area (Å²) in [5.74, 6) is -1.56. The third-order valence-corrected chi connectivity index (χ3v) is 7.07. The van der Waals surface area contributed by atoms with Crippen molar-refractivity contribution in [2.24, 2.45) is 0 Å². The molecule has 0 bridgehead atoms. The number of hydrogen-bond donors (Lipinski definition) is 3. The number of rotatable bonds is 8. The first-order chi connectivity index (χ1) is 18.8. The summed E-state index contributed by atoms with van der Waals surface area (Å²) in [6, 6.07) is 15.1. The second-order valence-electron chi connectivity index (χ2n) is 9.50. The monoisotopic (exact) mass is 602 g/mol. The normalized spacial score (nSPS) is 13.6. The van der Waals surface area contributed by atoms with E-state index < -0.39 is 29.2 Å². The number of nitrogens with zero attached hydrogens (tertiary/aromatic N) is 3. The first kappa shape index (κ1) is 31.5. The summed E-state index contributed by atoms with van der Waals surface area (Å²) in [6.07, 6.45) is 2.54. The Morgan fingerprint density at radius 2 is 1.68 bits per heavy atom. The lowest BCUT2D eigenvalue weighted by atomic mass is 9.90. The highest BCUT2D eigenvalue weighted by atomic mass is 35.5. The second kappa shape index (κ2) is 13.6. The van der Waals surface area contributed by atoms with Crippen molar-refractivity contribution in [1.82, 2.24) is 19.9 Å². The molecule has 1 atom stereocenters. The van der Waals surface area contributed by atoms with Crippen molar-refractivity contribution in [3.63, 3.8) is 0 Å². The minimum atomic E-state index is -0.720. The molecule has 216 valence electrons. The van der Waals surface area contributed by atoms with Crippen molar-refractivity contribution in [3.05, 3.63) is 117 Å². The molecule has 2 aromatic carbocycles. The fraction of sp³-hybridized carbons (Fsp3) is 0.241. The number of halogens is 4. The maximum Gasteiger partial charge on any atom is 0.294 e. The van der Waals surface area contributed by atoms with Gasteiger partial charge in [0.1, 0.15) is 23.5 Å². The van der Waals surface area contributed by atoms with E-state index in [1.54, 1.807) is 54.7 Å². The number of fused-ring (bicyclic) bond motifs is 1. The van der Waals surface area contributed by atoms with Crippen LogP contribution >= 0.6 is 24.8 Å². The van der Waals surface area contributed by atoms with Gasteiger partial charge in [0, 0.05) is 36.6 Å². The van der Waals surface area contributed by atoms with Crippen molar-refractivity contribution < 1.29 is 13.6 Å². The molecule has 4 N–H and O–H groups in total. The van der Waals surface area contributed by atoms with Crippen LogP contribution in [0.4, 0.5) is 20.4 Å². The molecule has 1 aliphatic rings. The predicted molar refractivity (Wildman–Crippen MR) is 159 cm³/mol. The molecule has 1 amide bonds. The standard InChI is InChI=1S/C29H28F2N6O2.2ClH/c1-17-18(10-13-26(32)36-17)14-35-28(38)25-12-11-19-15-33-27(29(39)37(19)25)34-16-22(20-6-2-4-8-23(20)30)21-7-3-5-9-24(21)31;;/h2-10,13,15,22,25H,11-12,14,16H2,1H3,(H2,32,36)(H,33,34)(H,35,38);2*1H/t25-;;/m0../s1. The zero-order valence-corrected chi connectivity index (χ0v) is 23.8. The van der Waals surface area contributed by atoms with Gasteiger partial charge in [0.05, 0.1) is 0 Å². The topological polar surface area (TPSA) is 115 Å². The molecular formula is C29H30Cl2F2N6O2. The van der Waals surface area contributed by atoms with Crippen molar-refractivity contribution in [2.75, 3.05) is 17.6 Å². The van der Waals surface area contributed by atoms with Gasteiger partial charge in [-0.05, 0) is 54.7 Å². The molecule has 0 radical (unpaired) electrons. The van der Waals surface area contributed by atoms with Gasteiger partial charge < -0.3 is 16.4 Å². The van der Waals surface area contributed by atoms with Gasteiger partial charge in [-0.1, -0.05) is 42.5 Å². The molecule has 0 aliphatic carbocycles. The summed E-state index contributed by atoms with van der Waals surface area (Å²) < 4.78 is 30.9. The van der Waals surface area contributed by atoms with Crippen LogP contribution in [0.25, 0.3) is 0 Å². The molecule has 12 heteroatoms. The molecule has 0 saturated heterocycles. The van der Waals surface area contributed by atoms with Crippen molar-refractivity contribution >= 4 is 42.4 Å². The Morgan fingerprint density at radius 1 is 1.05 bits per heavy atom. The minimum absolute atomic E-state index is 0. The Bertz CT molecular complexity index is 1550. The lowest BCUT2D eigenvalue weighted by Gasteiger charge is -2.21. The van der Waals surface area contributed by atoms with Crippen LogP contribution in [0.15, 0.2) is 71.7 Å². The van der Waals surface area contributed by atoms with Crippen LogP contribution in [0, 0.1) is 18.6 Å². The number of benzene rings is 2. The molecule has 5 rings (SSSR count). The average Bonchev–Trinajstić information content (AvgIpc) is 3.36. The first-order valence-electron chi connectivity index (χ1n) is 12.7. The molecule has 0 unspecified atom stereocenters. The van der Waals surface area contributed by atoms with Crippen LogP contribution in [0.3, 0.4) is 0 Å². The molecule has 2 aromatic heterocycles. The van der Waals surface area contributed by atoms with E-state index in [-0.39, 0.29) is 49.6 Å². The largest absolute Gasteiger partial charge is 0.384 e. The minimum Gasteiger partial charge on any atom is -0.384 e. The lowest BCUT2D eigenvalue weighted by molar-refractivity contribution is -0.124. The molecular weight excluding hydrogens is 573 g/mol. The highest BCUT2D eigenvalue weighted by Gasteiger charge is 2.31. The third kappa shape index (κ3) is 6.66. The highest BCUT2D eigenvalue weighted by Crippen LogP contribution is 2.29. The summed E-state index contributed by atoms with van der Waals surface area (Å²) in [6.45, 7) is 2.08. The van der Waals surface area contributed by atoms with Gasteiger partial charge >= 0.3 is 0 Å². The fourth-order valence-electron chi connectivity index (χ4n) is 5.01. The van der Waals surface area contributed by atoms with E-state index in [0.29, 0.717) is 41.2 Å². The van der Waals surface area contributed by atoms with Gasteiger partial charge in [0.2, 0.25) is 5.91 Å². The zero-order valence-electron chi connectivity index (χ0n) is 22.1. The molecule has 3 heterocycles. The number of nitrogen functional groups attached to an aromatic ring is 1. The van der Waals surface area contributed by atoms with Crippen LogP contribution in [-0.2, 0) is 17.8 Å². The number of pyridine rings is 1. The summed E-state index contributed by atoms with van der Waals surface area (Å²) in [5.41, 5.74) is 8.02. The van der Waals surface area contributed by atoms with Gasteiger partial charge in [-0.2, -0.15) is 0 Å². The Morgan fingerprint density at radius 3 is 2.29 bits per heavy atom. The second-order valence-corrected chi connectivity index (χ2v) is 9.50. The maximum atomic E-state index is 14.7. The summed E-state index contributed by atoms with van der Waals surface area (Å²) in [7, 11) is 0. The number of carbonyl (C=O) groups excluding carboxylic acids is 1. The maximum absolute atomic E-state index is 14.7. The fourth-order valence-corrected chi connectivity index (χ4v) is 5.01. The third-order valence-electron chi connectivity index (χ3n) is 7.07. The van der Waals surface area contributed by atoms with Crippen molar-refractivity contribution in [3.8, 4) is 0 Å². The summed E-state index contributed by atoms with van der Waals surface area (Å²) in [5, 5.41) is 5.89. The van der Waals surface area contributed by atoms with Crippen molar-refractivity contribution in [1.29, 1.82) is 0 Å². The number of carbonyl (C=O) groups is 1. The van der Waals surface area contributed by atoms with Crippen LogP contribution < -0.4 is 21.9 Å².